The van der Waals surface area contributed by atoms with Gasteiger partial charge < -0.3 is 5.73 Å². The molecule has 2 rings (SSSR count). The van der Waals surface area contributed by atoms with Crippen LogP contribution in [-0.4, -0.2) is 19.6 Å². The van der Waals surface area contributed by atoms with Crippen molar-refractivity contribution >= 4 is 0 Å². The maximum atomic E-state index is 6.15. The Kier molecular flexibility index (Phi) is 3.28. The lowest BCUT2D eigenvalue weighted by molar-refractivity contribution is 0.520. The van der Waals surface area contributed by atoms with Crippen molar-refractivity contribution in [2.45, 2.75) is 32.4 Å². The van der Waals surface area contributed by atoms with Crippen LogP contribution in [0, 0.1) is 0 Å². The highest BCUT2D eigenvalue weighted by Crippen LogP contribution is 2.14. The van der Waals surface area contributed by atoms with Crippen LogP contribution in [0.2, 0.25) is 0 Å². The smallest absolute Gasteiger partial charge is 0.0644 e. The summed E-state index contributed by atoms with van der Waals surface area (Å²) in [6.45, 7) is 4.22. The Morgan fingerprint density at radius 2 is 2.12 bits per heavy atom. The standard InChI is InChI=1S/C12H19N5/c1-9(2)17-7-5-10(15-17)8-11(13)12-4-6-14-16(12)3/h4-7,9,11H,8,13H2,1-3H3. The summed E-state index contributed by atoms with van der Waals surface area (Å²) in [5.41, 5.74) is 8.20. The number of nitrogens with zero attached hydrogens (tertiary/aromatic N) is 4. The van der Waals surface area contributed by atoms with Gasteiger partial charge in [0, 0.05) is 31.9 Å². The molecule has 0 fully saturated rings. The van der Waals surface area contributed by atoms with Gasteiger partial charge in [-0.2, -0.15) is 10.2 Å². The molecule has 5 heteroatoms. The molecule has 1 atom stereocenters. The molecular weight excluding hydrogens is 214 g/mol. The topological polar surface area (TPSA) is 61.7 Å². The average Bonchev–Trinajstić information content (AvgIpc) is 2.86. The molecule has 0 saturated carbocycles. The van der Waals surface area contributed by atoms with Crippen LogP contribution < -0.4 is 5.73 Å². The fraction of sp³-hybridized carbons (Fsp3) is 0.500. The lowest BCUT2D eigenvalue weighted by atomic mass is 10.1. The van der Waals surface area contributed by atoms with E-state index in [0.717, 1.165) is 17.8 Å². The van der Waals surface area contributed by atoms with Gasteiger partial charge in [0.05, 0.1) is 17.4 Å². The summed E-state index contributed by atoms with van der Waals surface area (Å²) in [7, 11) is 1.90. The Morgan fingerprint density at radius 3 is 2.65 bits per heavy atom. The van der Waals surface area contributed by atoms with Gasteiger partial charge in [0.2, 0.25) is 0 Å². The average molecular weight is 233 g/mol. The lowest BCUT2D eigenvalue weighted by Crippen LogP contribution is -2.17. The molecule has 2 aromatic heterocycles. The van der Waals surface area contributed by atoms with Gasteiger partial charge in [-0.05, 0) is 26.0 Å². The zero-order chi connectivity index (χ0) is 12.4. The van der Waals surface area contributed by atoms with Gasteiger partial charge in [0.1, 0.15) is 0 Å². The van der Waals surface area contributed by atoms with E-state index in [9.17, 15) is 0 Å². The van der Waals surface area contributed by atoms with Crippen LogP contribution in [0.15, 0.2) is 24.5 Å². The van der Waals surface area contributed by atoms with Crippen molar-refractivity contribution in [3.63, 3.8) is 0 Å². The highest BCUT2D eigenvalue weighted by molar-refractivity contribution is 5.11. The molecule has 0 spiro atoms. The first-order chi connectivity index (χ1) is 8.08. The largest absolute Gasteiger partial charge is 0.322 e. The fourth-order valence-electron chi connectivity index (χ4n) is 1.85. The molecule has 1 unspecified atom stereocenters. The Labute approximate surface area is 101 Å². The van der Waals surface area contributed by atoms with Crippen molar-refractivity contribution in [1.29, 1.82) is 0 Å². The molecule has 2 N–H and O–H groups in total. The maximum absolute atomic E-state index is 6.15. The van der Waals surface area contributed by atoms with Crippen molar-refractivity contribution in [3.8, 4) is 0 Å². The third-order valence-corrected chi connectivity index (χ3v) is 2.86. The third kappa shape index (κ3) is 2.55. The van der Waals surface area contributed by atoms with Gasteiger partial charge in [0.15, 0.2) is 0 Å². The van der Waals surface area contributed by atoms with Gasteiger partial charge in [-0.15, -0.1) is 0 Å². The summed E-state index contributed by atoms with van der Waals surface area (Å²) >= 11 is 0. The molecule has 0 saturated heterocycles. The first-order valence-corrected chi connectivity index (χ1v) is 5.85. The molecule has 0 aliphatic rings. The van der Waals surface area contributed by atoms with Crippen molar-refractivity contribution < 1.29 is 0 Å². The first-order valence-electron chi connectivity index (χ1n) is 5.85. The van der Waals surface area contributed by atoms with E-state index < -0.39 is 0 Å². The van der Waals surface area contributed by atoms with E-state index in [2.05, 4.69) is 24.0 Å². The predicted octanol–water partition coefficient (Wildman–Crippen LogP) is 1.44. The monoisotopic (exact) mass is 233 g/mol. The second-order valence-corrected chi connectivity index (χ2v) is 4.57. The number of hydrogen-bond donors (Lipinski definition) is 1. The van der Waals surface area contributed by atoms with Crippen LogP contribution in [0.1, 0.15) is 37.3 Å². The highest BCUT2D eigenvalue weighted by atomic mass is 15.3. The summed E-state index contributed by atoms with van der Waals surface area (Å²) in [5, 5.41) is 8.62. The molecule has 92 valence electrons. The van der Waals surface area contributed by atoms with E-state index in [1.54, 1.807) is 6.20 Å². The zero-order valence-corrected chi connectivity index (χ0v) is 10.5. The normalized spacial score (nSPS) is 13.2. The molecule has 0 aromatic carbocycles. The van der Waals surface area contributed by atoms with Crippen molar-refractivity contribution in [2.24, 2.45) is 12.8 Å². The lowest BCUT2D eigenvalue weighted by Gasteiger charge is -2.10. The number of aryl methyl sites for hydroxylation is 1. The van der Waals surface area contributed by atoms with Gasteiger partial charge in [-0.25, -0.2) is 0 Å². The SMILES string of the molecule is CC(C)n1ccc(CC(N)c2ccnn2C)n1. The molecular formula is C12H19N5. The van der Waals surface area contributed by atoms with Crippen LogP contribution in [0.3, 0.4) is 0 Å². The minimum absolute atomic E-state index is 0.0574. The summed E-state index contributed by atoms with van der Waals surface area (Å²) < 4.78 is 3.76. The van der Waals surface area contributed by atoms with Gasteiger partial charge in [-0.3, -0.25) is 9.36 Å². The van der Waals surface area contributed by atoms with Gasteiger partial charge in [-0.1, -0.05) is 0 Å². The van der Waals surface area contributed by atoms with Crippen molar-refractivity contribution in [3.05, 3.63) is 35.9 Å². The highest BCUT2D eigenvalue weighted by Gasteiger charge is 2.12. The summed E-state index contributed by atoms with van der Waals surface area (Å²) in [5.74, 6) is 0. The van der Waals surface area contributed by atoms with Crippen LogP contribution in [0.25, 0.3) is 0 Å². The summed E-state index contributed by atoms with van der Waals surface area (Å²) in [6, 6.07) is 4.30. The maximum Gasteiger partial charge on any atom is 0.0644 e. The minimum Gasteiger partial charge on any atom is -0.322 e. The molecule has 0 radical (unpaired) electrons. The number of aromatic nitrogens is 4. The molecule has 0 aliphatic carbocycles. The third-order valence-electron chi connectivity index (χ3n) is 2.86. The minimum atomic E-state index is -0.0574. The van der Waals surface area contributed by atoms with E-state index >= 15 is 0 Å². The number of rotatable bonds is 4. The van der Waals surface area contributed by atoms with E-state index in [1.807, 2.05) is 34.7 Å². The molecule has 2 heterocycles. The van der Waals surface area contributed by atoms with Crippen LogP contribution in [-0.2, 0) is 13.5 Å². The van der Waals surface area contributed by atoms with Crippen molar-refractivity contribution in [1.82, 2.24) is 19.6 Å². The summed E-state index contributed by atoms with van der Waals surface area (Å²) in [6.07, 6.45) is 4.50. The second kappa shape index (κ2) is 4.71. The fourth-order valence-corrected chi connectivity index (χ4v) is 1.85. The van der Waals surface area contributed by atoms with Crippen LogP contribution in [0.5, 0.6) is 0 Å². The predicted molar refractivity (Wildman–Crippen MR) is 66.5 cm³/mol. The number of hydrogen-bond acceptors (Lipinski definition) is 3. The van der Waals surface area contributed by atoms with Crippen LogP contribution in [0.4, 0.5) is 0 Å². The van der Waals surface area contributed by atoms with Gasteiger partial charge in [0.25, 0.3) is 0 Å². The summed E-state index contributed by atoms with van der Waals surface area (Å²) in [4.78, 5) is 0. The van der Waals surface area contributed by atoms with E-state index in [4.69, 9.17) is 5.73 Å². The van der Waals surface area contributed by atoms with E-state index in [-0.39, 0.29) is 6.04 Å². The quantitative estimate of drug-likeness (QED) is 0.869. The molecule has 5 nitrogen and oxygen atoms in total. The number of nitrogens with two attached hydrogens (primary N) is 1. The van der Waals surface area contributed by atoms with Crippen LogP contribution >= 0.6 is 0 Å². The molecule has 0 aliphatic heterocycles. The van der Waals surface area contributed by atoms with Gasteiger partial charge >= 0.3 is 0 Å². The Balaban J connectivity index is 2.08. The van der Waals surface area contributed by atoms with Crippen molar-refractivity contribution in [2.75, 3.05) is 0 Å². The van der Waals surface area contributed by atoms with E-state index in [1.165, 1.54) is 0 Å². The molecule has 0 amide bonds. The first kappa shape index (κ1) is 11.9. The van der Waals surface area contributed by atoms with E-state index in [0.29, 0.717) is 6.04 Å². The molecule has 2 aromatic rings. The second-order valence-electron chi connectivity index (χ2n) is 4.57. The molecule has 17 heavy (non-hydrogen) atoms. The Bertz CT molecular complexity index is 483. The molecule has 0 bridgehead atoms. The zero-order valence-electron chi connectivity index (χ0n) is 10.5. The Hall–Kier alpha value is -1.62. The Morgan fingerprint density at radius 1 is 1.35 bits per heavy atom.